The number of halogens is 2. The lowest BCUT2D eigenvalue weighted by molar-refractivity contribution is 0.0771. The van der Waals surface area contributed by atoms with E-state index in [1.54, 1.807) is 0 Å². The monoisotopic (exact) mass is 480 g/mol. The molecule has 0 aromatic heterocycles. The summed E-state index contributed by atoms with van der Waals surface area (Å²) in [7, 11) is -7.19. The van der Waals surface area contributed by atoms with Crippen LogP contribution in [0.15, 0.2) is 0 Å². The summed E-state index contributed by atoms with van der Waals surface area (Å²) in [6.07, 6.45) is 2.22. The van der Waals surface area contributed by atoms with E-state index in [1.165, 1.54) is 0 Å². The van der Waals surface area contributed by atoms with Crippen molar-refractivity contribution >= 4 is 52.1 Å². The predicted molar refractivity (Wildman–Crippen MR) is 88.1 cm³/mol. The van der Waals surface area contributed by atoms with E-state index < -0.39 is 32.4 Å². The Hall–Kier alpha value is 0.780. The van der Waals surface area contributed by atoms with E-state index in [1.807, 2.05) is 0 Å². The second-order valence-corrected chi connectivity index (χ2v) is 11.8. The van der Waals surface area contributed by atoms with E-state index >= 15 is 0 Å². The van der Waals surface area contributed by atoms with Crippen molar-refractivity contribution in [3.05, 3.63) is 0 Å². The van der Waals surface area contributed by atoms with Crippen LogP contribution in [0, 0.1) is 23.7 Å². The fourth-order valence-corrected chi connectivity index (χ4v) is 7.83. The van der Waals surface area contributed by atoms with Crippen molar-refractivity contribution in [1.82, 2.24) is 0 Å². The molecule has 3 fully saturated rings. The average molecular weight is 482 g/mol. The fraction of sp³-hybridized carbons (Fsp3) is 1.00. The minimum atomic E-state index is -3.59. The normalized spacial score (nSPS) is 47.8. The van der Waals surface area contributed by atoms with Gasteiger partial charge in [0.2, 0.25) is 0 Å². The molecule has 0 radical (unpaired) electrons. The summed E-state index contributed by atoms with van der Waals surface area (Å²) in [5, 5.41) is 0. The second-order valence-electron chi connectivity index (χ2n) is 6.52. The van der Waals surface area contributed by atoms with E-state index in [2.05, 4.69) is 31.9 Å². The van der Waals surface area contributed by atoms with Gasteiger partial charge in [-0.2, -0.15) is 16.8 Å². The smallest absolute Gasteiger partial charge is 0.264 e. The first kappa shape index (κ1) is 17.6. The zero-order chi connectivity index (χ0) is 16.4. The Morgan fingerprint density at radius 1 is 0.773 bits per heavy atom. The van der Waals surface area contributed by atoms with Crippen LogP contribution < -0.4 is 0 Å². The van der Waals surface area contributed by atoms with E-state index in [0.29, 0.717) is 12.8 Å². The van der Waals surface area contributed by atoms with Gasteiger partial charge >= 0.3 is 0 Å². The van der Waals surface area contributed by atoms with Crippen molar-refractivity contribution in [3.8, 4) is 0 Å². The molecule has 3 aliphatic rings. The molecule has 0 aromatic rings. The number of rotatable bonds is 4. The Morgan fingerprint density at radius 2 is 1.14 bits per heavy atom. The highest BCUT2D eigenvalue weighted by Crippen LogP contribution is 2.63. The molecule has 10 heteroatoms. The summed E-state index contributed by atoms with van der Waals surface area (Å²) in [5.41, 5.74) is 0. The molecule has 0 spiro atoms. The molecule has 0 saturated heterocycles. The SMILES string of the molecule is CS(=O)(=O)O[C@H]1C[C@@H]2C3C1[C@H](OS(C)(=O)=O)C[C@@H]3[C@H](Br)[C@@H]2Br. The second kappa shape index (κ2) is 5.66. The van der Waals surface area contributed by atoms with Crippen molar-refractivity contribution in [2.45, 2.75) is 34.7 Å². The minimum absolute atomic E-state index is 0.206. The Bertz CT molecular complexity index is 607. The van der Waals surface area contributed by atoms with Crippen LogP contribution in [0.4, 0.5) is 0 Å². The third kappa shape index (κ3) is 3.15. The summed E-state index contributed by atoms with van der Waals surface area (Å²) < 4.78 is 56.6. The topological polar surface area (TPSA) is 86.7 Å². The van der Waals surface area contributed by atoms with Gasteiger partial charge in [-0.3, -0.25) is 8.37 Å². The van der Waals surface area contributed by atoms with E-state index in [4.69, 9.17) is 8.37 Å². The fourth-order valence-electron chi connectivity index (χ4n) is 4.60. The van der Waals surface area contributed by atoms with Crippen LogP contribution in [0.1, 0.15) is 12.8 Å². The lowest BCUT2D eigenvalue weighted by Crippen LogP contribution is -2.33. The molecule has 6 nitrogen and oxygen atoms in total. The Labute approximate surface area is 147 Å². The molecule has 0 amide bonds. The lowest BCUT2D eigenvalue weighted by atomic mass is 9.92. The van der Waals surface area contributed by atoms with Crippen LogP contribution in [-0.4, -0.2) is 51.2 Å². The number of alkyl halides is 2. The molecule has 3 rings (SSSR count). The van der Waals surface area contributed by atoms with Gasteiger partial charge in [-0.25, -0.2) is 0 Å². The van der Waals surface area contributed by atoms with Gasteiger partial charge in [-0.05, 0) is 30.6 Å². The number of hydrogen-bond donors (Lipinski definition) is 0. The highest BCUT2D eigenvalue weighted by molar-refractivity contribution is 9.12. The zero-order valence-electron chi connectivity index (χ0n) is 12.1. The molecule has 8 atom stereocenters. The summed E-state index contributed by atoms with van der Waals surface area (Å²) in [5.74, 6) is 0.535. The molecule has 3 saturated carbocycles. The highest BCUT2D eigenvalue weighted by atomic mass is 79.9. The van der Waals surface area contributed by atoms with Gasteiger partial charge in [-0.1, -0.05) is 31.9 Å². The van der Waals surface area contributed by atoms with Crippen molar-refractivity contribution in [2.75, 3.05) is 12.5 Å². The highest BCUT2D eigenvalue weighted by Gasteiger charge is 2.65. The maximum atomic E-state index is 11.5. The third-order valence-electron chi connectivity index (χ3n) is 5.02. The average Bonchev–Trinajstić information content (AvgIpc) is 2.90. The van der Waals surface area contributed by atoms with Gasteiger partial charge in [0.15, 0.2) is 0 Å². The first-order chi connectivity index (χ1) is 9.98. The molecule has 3 aliphatic carbocycles. The quantitative estimate of drug-likeness (QED) is 0.446. The molecule has 0 aromatic carbocycles. The van der Waals surface area contributed by atoms with E-state index in [9.17, 15) is 16.8 Å². The van der Waals surface area contributed by atoms with Crippen molar-refractivity contribution in [3.63, 3.8) is 0 Å². The van der Waals surface area contributed by atoms with Crippen LogP contribution in [0.2, 0.25) is 0 Å². The molecule has 0 heterocycles. The first-order valence-corrected chi connectivity index (χ1v) is 12.5. The molecule has 2 unspecified atom stereocenters. The van der Waals surface area contributed by atoms with Crippen molar-refractivity contribution in [1.29, 1.82) is 0 Å². The van der Waals surface area contributed by atoms with Crippen LogP contribution in [0.5, 0.6) is 0 Å². The van der Waals surface area contributed by atoms with Crippen LogP contribution in [0.3, 0.4) is 0 Å². The largest absolute Gasteiger partial charge is 0.267 e. The zero-order valence-corrected chi connectivity index (χ0v) is 16.9. The maximum absolute atomic E-state index is 11.5. The van der Waals surface area contributed by atoms with Crippen LogP contribution >= 0.6 is 31.9 Å². The lowest BCUT2D eigenvalue weighted by Gasteiger charge is -2.24. The van der Waals surface area contributed by atoms with E-state index in [-0.39, 0.29) is 33.3 Å². The van der Waals surface area contributed by atoms with Gasteiger partial charge in [0, 0.05) is 15.6 Å². The molecule has 0 bridgehead atoms. The molecule has 128 valence electrons. The Balaban J connectivity index is 1.91. The van der Waals surface area contributed by atoms with Gasteiger partial charge in [0.05, 0.1) is 24.7 Å². The summed E-state index contributed by atoms with van der Waals surface area (Å²) in [6.45, 7) is 0. The predicted octanol–water partition coefficient (Wildman–Crippen LogP) is 1.49. The first-order valence-electron chi connectivity index (χ1n) is 7.02. The van der Waals surface area contributed by atoms with Gasteiger partial charge < -0.3 is 0 Å². The molecule has 22 heavy (non-hydrogen) atoms. The Kier molecular flexibility index (Phi) is 4.52. The standard InChI is InChI=1S/C12H18Br2O6S2/c1-21(15,16)19-7-3-5-9-6(12(14)11(5)13)4-8(10(7)9)20-22(2,17)18/h5-12H,3-4H2,1-2H3/t5-,6+,7+,8-,9?,10?,11-,12+. The Morgan fingerprint density at radius 3 is 1.45 bits per heavy atom. The molecular formula is C12H18Br2O6S2. The van der Waals surface area contributed by atoms with Crippen molar-refractivity contribution in [2.24, 2.45) is 23.7 Å². The van der Waals surface area contributed by atoms with Crippen molar-refractivity contribution < 1.29 is 25.2 Å². The van der Waals surface area contributed by atoms with Gasteiger partial charge in [-0.15, -0.1) is 0 Å². The maximum Gasteiger partial charge on any atom is 0.264 e. The summed E-state index contributed by atoms with van der Waals surface area (Å²) in [4.78, 5) is 0.467. The number of hydrogen-bond acceptors (Lipinski definition) is 6. The minimum Gasteiger partial charge on any atom is -0.267 e. The van der Waals surface area contributed by atoms with E-state index in [0.717, 1.165) is 12.5 Å². The molecule has 0 aliphatic heterocycles. The summed E-state index contributed by atoms with van der Waals surface area (Å²) in [6, 6.07) is 0. The molecule has 0 N–H and O–H groups in total. The van der Waals surface area contributed by atoms with Crippen LogP contribution in [0.25, 0.3) is 0 Å². The third-order valence-corrected chi connectivity index (χ3v) is 9.42. The van der Waals surface area contributed by atoms with Gasteiger partial charge in [0.25, 0.3) is 20.2 Å². The van der Waals surface area contributed by atoms with Gasteiger partial charge in [0.1, 0.15) is 0 Å². The molecular weight excluding hydrogens is 464 g/mol. The van der Waals surface area contributed by atoms with Crippen LogP contribution in [-0.2, 0) is 28.6 Å². The summed E-state index contributed by atoms with van der Waals surface area (Å²) >= 11 is 7.38.